The van der Waals surface area contributed by atoms with Crippen molar-refractivity contribution >= 4 is 11.6 Å². The maximum Gasteiger partial charge on any atom is 0.170 e. The molecule has 2 heteroatoms. The molecule has 0 aromatic rings. The van der Waals surface area contributed by atoms with E-state index in [1.165, 1.54) is 0 Å². The van der Waals surface area contributed by atoms with Gasteiger partial charge in [0.15, 0.2) is 11.6 Å². The van der Waals surface area contributed by atoms with Gasteiger partial charge in [-0.1, -0.05) is 68.4 Å². The van der Waals surface area contributed by atoms with Gasteiger partial charge in [0.05, 0.1) is 5.92 Å². The van der Waals surface area contributed by atoms with Crippen molar-refractivity contribution in [3.63, 3.8) is 0 Å². The van der Waals surface area contributed by atoms with E-state index in [9.17, 15) is 9.59 Å². The molecule has 0 heterocycles. The van der Waals surface area contributed by atoms with Crippen LogP contribution in [0.25, 0.3) is 0 Å². The van der Waals surface area contributed by atoms with Gasteiger partial charge in [-0.2, -0.15) is 0 Å². The number of Topliss-reactive ketones (excluding diaryl/α,β-unsaturated/α-hetero) is 2. The normalized spacial score (nSPS) is 25.8. The molecular weight excluding hydrogens is 248 g/mol. The largest absolute Gasteiger partial charge is 0.298 e. The van der Waals surface area contributed by atoms with Gasteiger partial charge in [-0.25, -0.2) is 0 Å². The summed E-state index contributed by atoms with van der Waals surface area (Å²) in [4.78, 5) is 25.6. The zero-order valence-electron chi connectivity index (χ0n) is 14.5. The smallest absolute Gasteiger partial charge is 0.170 e. The summed E-state index contributed by atoms with van der Waals surface area (Å²) in [7, 11) is 0. The summed E-state index contributed by atoms with van der Waals surface area (Å²) in [5.41, 5.74) is 0.113. The van der Waals surface area contributed by atoms with Gasteiger partial charge in [0.1, 0.15) is 0 Å². The lowest BCUT2D eigenvalue weighted by Crippen LogP contribution is -2.47. The van der Waals surface area contributed by atoms with E-state index in [1.807, 2.05) is 47.6 Å². The summed E-state index contributed by atoms with van der Waals surface area (Å²) < 4.78 is 0. The molecule has 1 rings (SSSR count). The van der Waals surface area contributed by atoms with Crippen LogP contribution < -0.4 is 0 Å². The Bertz CT molecular complexity index is 447. The van der Waals surface area contributed by atoms with Crippen molar-refractivity contribution in [1.29, 1.82) is 0 Å². The third kappa shape index (κ3) is 3.21. The molecular formula is C18H30O2. The molecule has 0 radical (unpaired) electrons. The number of hydrogen-bond acceptors (Lipinski definition) is 2. The third-order valence-electron chi connectivity index (χ3n) is 4.06. The Morgan fingerprint density at radius 1 is 0.800 bits per heavy atom. The first-order valence-corrected chi connectivity index (χ1v) is 7.47. The van der Waals surface area contributed by atoms with E-state index in [4.69, 9.17) is 0 Å². The molecule has 0 fully saturated rings. The fraction of sp³-hybridized carbons (Fsp3) is 0.778. The van der Waals surface area contributed by atoms with Crippen molar-refractivity contribution in [3.8, 4) is 0 Å². The van der Waals surface area contributed by atoms with Gasteiger partial charge in [0, 0.05) is 5.92 Å². The molecule has 0 aliphatic heterocycles. The second-order valence-electron chi connectivity index (χ2n) is 9.24. The second kappa shape index (κ2) is 4.82. The van der Waals surface area contributed by atoms with E-state index >= 15 is 0 Å². The van der Waals surface area contributed by atoms with Crippen LogP contribution in [0.5, 0.6) is 0 Å². The van der Waals surface area contributed by atoms with E-state index in [1.54, 1.807) is 0 Å². The van der Waals surface area contributed by atoms with E-state index in [-0.39, 0.29) is 33.7 Å². The van der Waals surface area contributed by atoms with E-state index in [2.05, 4.69) is 20.8 Å². The number of ketones is 2. The average molecular weight is 278 g/mol. The molecule has 0 spiro atoms. The van der Waals surface area contributed by atoms with Gasteiger partial charge in [-0.05, 0) is 21.8 Å². The van der Waals surface area contributed by atoms with Gasteiger partial charge in [-0.3, -0.25) is 9.59 Å². The SMILES string of the molecule is CC(C)(C)C1=CC(C(C)(C)C)C(=O)C(C(C)(C)C)C1=O. The zero-order valence-corrected chi connectivity index (χ0v) is 14.5. The predicted molar refractivity (Wildman–Crippen MR) is 83.4 cm³/mol. The van der Waals surface area contributed by atoms with Gasteiger partial charge in [0.25, 0.3) is 0 Å². The summed E-state index contributed by atoms with van der Waals surface area (Å²) in [6, 6.07) is 0. The van der Waals surface area contributed by atoms with Crippen molar-refractivity contribution in [2.45, 2.75) is 62.3 Å². The number of carbonyl (C=O) groups is 2. The van der Waals surface area contributed by atoms with Gasteiger partial charge in [0.2, 0.25) is 0 Å². The summed E-state index contributed by atoms with van der Waals surface area (Å²) in [5, 5.41) is 0. The van der Waals surface area contributed by atoms with E-state index in [0.717, 1.165) is 5.57 Å². The number of rotatable bonds is 0. The Balaban J connectivity index is 3.48. The lowest BCUT2D eigenvalue weighted by molar-refractivity contribution is -0.140. The van der Waals surface area contributed by atoms with Gasteiger partial charge < -0.3 is 0 Å². The molecule has 0 saturated heterocycles. The fourth-order valence-corrected chi connectivity index (χ4v) is 2.91. The van der Waals surface area contributed by atoms with Crippen LogP contribution in [0, 0.1) is 28.1 Å². The highest BCUT2D eigenvalue weighted by molar-refractivity contribution is 6.15. The van der Waals surface area contributed by atoms with Crippen molar-refractivity contribution in [3.05, 3.63) is 11.6 Å². The molecule has 2 unspecified atom stereocenters. The van der Waals surface area contributed by atoms with Crippen molar-refractivity contribution in [2.75, 3.05) is 0 Å². The maximum atomic E-state index is 12.8. The highest BCUT2D eigenvalue weighted by Crippen LogP contribution is 2.44. The second-order valence-corrected chi connectivity index (χ2v) is 9.24. The molecule has 2 atom stereocenters. The minimum absolute atomic E-state index is 0.0236. The lowest BCUT2D eigenvalue weighted by atomic mass is 9.60. The Morgan fingerprint density at radius 2 is 1.25 bits per heavy atom. The van der Waals surface area contributed by atoms with Crippen LogP contribution in [-0.2, 0) is 9.59 Å². The highest BCUT2D eigenvalue weighted by atomic mass is 16.2. The van der Waals surface area contributed by atoms with Crippen LogP contribution in [-0.4, -0.2) is 11.6 Å². The van der Waals surface area contributed by atoms with Crippen LogP contribution >= 0.6 is 0 Å². The first-order chi connectivity index (χ1) is 8.67. The van der Waals surface area contributed by atoms with Crippen LogP contribution in [0.3, 0.4) is 0 Å². The number of carbonyl (C=O) groups excluding carboxylic acids is 2. The zero-order chi connectivity index (χ0) is 16.1. The molecule has 0 aromatic heterocycles. The monoisotopic (exact) mass is 278 g/mol. The number of allylic oxidation sites excluding steroid dienone is 2. The Morgan fingerprint density at radius 3 is 1.55 bits per heavy atom. The van der Waals surface area contributed by atoms with Crippen molar-refractivity contribution in [1.82, 2.24) is 0 Å². The molecule has 1 aliphatic carbocycles. The highest BCUT2D eigenvalue weighted by Gasteiger charge is 2.49. The van der Waals surface area contributed by atoms with Crippen LogP contribution in [0.15, 0.2) is 11.6 Å². The quantitative estimate of drug-likeness (QED) is 0.614. The van der Waals surface area contributed by atoms with Crippen molar-refractivity contribution in [2.24, 2.45) is 28.1 Å². The molecule has 0 N–H and O–H groups in total. The lowest BCUT2D eigenvalue weighted by Gasteiger charge is -2.41. The van der Waals surface area contributed by atoms with E-state index in [0.29, 0.717) is 0 Å². The van der Waals surface area contributed by atoms with Crippen LogP contribution in [0.2, 0.25) is 0 Å². The Labute approximate surface area is 124 Å². The van der Waals surface area contributed by atoms with Crippen LogP contribution in [0.1, 0.15) is 62.3 Å². The first-order valence-electron chi connectivity index (χ1n) is 7.47. The average Bonchev–Trinajstić information content (AvgIpc) is 2.10. The van der Waals surface area contributed by atoms with E-state index < -0.39 is 5.92 Å². The molecule has 0 amide bonds. The summed E-state index contributed by atoms with van der Waals surface area (Å²) in [6.07, 6.45) is 1.94. The summed E-state index contributed by atoms with van der Waals surface area (Å²) >= 11 is 0. The molecule has 20 heavy (non-hydrogen) atoms. The number of hydrogen-bond donors (Lipinski definition) is 0. The molecule has 1 aliphatic rings. The Kier molecular flexibility index (Phi) is 4.13. The fourth-order valence-electron chi connectivity index (χ4n) is 2.91. The molecule has 0 bridgehead atoms. The predicted octanol–water partition coefficient (Wildman–Crippen LogP) is 4.44. The minimum Gasteiger partial charge on any atom is -0.298 e. The molecule has 0 aromatic carbocycles. The van der Waals surface area contributed by atoms with Gasteiger partial charge in [-0.15, -0.1) is 0 Å². The molecule has 2 nitrogen and oxygen atoms in total. The topological polar surface area (TPSA) is 34.1 Å². The van der Waals surface area contributed by atoms with Crippen molar-refractivity contribution < 1.29 is 9.59 Å². The summed E-state index contributed by atoms with van der Waals surface area (Å²) in [5.74, 6) is -0.594. The standard InChI is InChI=1S/C18H30O2/c1-16(2,3)11-10-12(17(4,5)6)15(20)13(14(11)19)18(7,8)9/h10-11,13H,1-9H3. The molecule has 114 valence electrons. The maximum absolute atomic E-state index is 12.8. The van der Waals surface area contributed by atoms with Crippen LogP contribution in [0.4, 0.5) is 0 Å². The van der Waals surface area contributed by atoms with Gasteiger partial charge >= 0.3 is 0 Å². The first kappa shape index (κ1) is 17.1. The Hall–Kier alpha value is -0.920. The molecule has 0 saturated carbocycles. The summed E-state index contributed by atoms with van der Waals surface area (Å²) in [6.45, 7) is 18.3. The third-order valence-corrected chi connectivity index (χ3v) is 4.06. The minimum atomic E-state index is -0.522.